The first-order chi connectivity index (χ1) is 16.4. The molecular formula is C25H32N6O2S. The molecule has 0 spiro atoms. The molecular weight excluding hydrogens is 448 g/mol. The summed E-state index contributed by atoms with van der Waals surface area (Å²) in [6.07, 6.45) is 5.31. The average molecular weight is 481 g/mol. The van der Waals surface area contributed by atoms with Crippen molar-refractivity contribution in [3.63, 3.8) is 0 Å². The number of benzene rings is 1. The molecule has 2 aromatic heterocycles. The number of anilines is 3. The van der Waals surface area contributed by atoms with Gasteiger partial charge in [0.05, 0.1) is 15.8 Å². The minimum absolute atomic E-state index is 0.0349. The summed E-state index contributed by atoms with van der Waals surface area (Å²) >= 11 is 1.62. The first-order valence-corrected chi connectivity index (χ1v) is 13.0. The van der Waals surface area contributed by atoms with Crippen LogP contribution in [-0.4, -0.2) is 51.8 Å². The lowest BCUT2D eigenvalue weighted by molar-refractivity contribution is 0.0196. The normalized spacial score (nSPS) is 23.5. The quantitative estimate of drug-likeness (QED) is 0.362. The van der Waals surface area contributed by atoms with Crippen LogP contribution in [0.15, 0.2) is 35.7 Å². The Morgan fingerprint density at radius 1 is 1.06 bits per heavy atom. The first kappa shape index (κ1) is 23.0. The molecule has 2 aliphatic rings. The van der Waals surface area contributed by atoms with Gasteiger partial charge in [-0.05, 0) is 94.3 Å². The Balaban J connectivity index is 1.27. The number of carbonyl (C=O) groups excluding carboxylic acids is 1. The van der Waals surface area contributed by atoms with E-state index < -0.39 is 5.60 Å². The molecule has 3 heterocycles. The van der Waals surface area contributed by atoms with Gasteiger partial charge in [-0.1, -0.05) is 0 Å². The maximum atomic E-state index is 12.6. The van der Waals surface area contributed by atoms with E-state index >= 15 is 0 Å². The minimum Gasteiger partial charge on any atom is -0.390 e. The summed E-state index contributed by atoms with van der Waals surface area (Å²) in [6.45, 7) is 3.80. The monoisotopic (exact) mass is 480 g/mol. The number of amides is 1. The number of aromatic nitrogens is 2. The predicted octanol–water partition coefficient (Wildman–Crippen LogP) is 4.02. The molecule has 34 heavy (non-hydrogen) atoms. The zero-order valence-corrected chi connectivity index (χ0v) is 20.3. The number of hydrogen-bond donors (Lipinski definition) is 5. The third kappa shape index (κ3) is 5.48. The zero-order valence-electron chi connectivity index (χ0n) is 19.4. The highest BCUT2D eigenvalue weighted by atomic mass is 32.1. The molecule has 0 radical (unpaired) electrons. The number of aliphatic hydroxyl groups is 1. The Morgan fingerprint density at radius 2 is 1.79 bits per heavy atom. The van der Waals surface area contributed by atoms with Crippen molar-refractivity contribution in [2.75, 3.05) is 23.7 Å². The van der Waals surface area contributed by atoms with Crippen molar-refractivity contribution in [3.05, 3.63) is 41.3 Å². The minimum atomic E-state index is -0.564. The van der Waals surface area contributed by atoms with Crippen LogP contribution in [0.5, 0.6) is 0 Å². The van der Waals surface area contributed by atoms with E-state index in [1.807, 2.05) is 42.6 Å². The third-order valence-electron chi connectivity index (χ3n) is 6.78. The molecule has 5 rings (SSSR count). The van der Waals surface area contributed by atoms with E-state index in [9.17, 15) is 9.90 Å². The van der Waals surface area contributed by atoms with Crippen LogP contribution in [0, 0.1) is 0 Å². The largest absolute Gasteiger partial charge is 0.390 e. The molecule has 9 heteroatoms. The molecule has 0 bridgehead atoms. The van der Waals surface area contributed by atoms with E-state index in [2.05, 4.69) is 26.3 Å². The number of fused-ring (bicyclic) bond motifs is 1. The summed E-state index contributed by atoms with van der Waals surface area (Å²) in [7, 11) is 0. The number of nitrogens with one attached hydrogen (secondary N) is 4. The average Bonchev–Trinajstić information content (AvgIpc) is 3.31. The lowest BCUT2D eigenvalue weighted by Crippen LogP contribution is -2.42. The standard InChI is InChI=1S/C25H32N6O2S/c1-25(33)11-6-18(7-12-25)27-22-21-20(10-15-34-21)30-24(31-22)29-17-4-2-16(3-5-17)23(32)28-19-8-13-26-14-9-19/h2-5,10,15,18-19,26,33H,6-9,11-14H2,1H3,(H,28,32)(H2,27,29,30,31)/t18-,25-. The van der Waals surface area contributed by atoms with Crippen molar-refractivity contribution in [2.45, 2.75) is 63.1 Å². The second-order valence-electron chi connectivity index (χ2n) is 9.65. The fraction of sp³-hybridized carbons (Fsp3) is 0.480. The lowest BCUT2D eigenvalue weighted by Gasteiger charge is -2.33. The molecule has 1 saturated carbocycles. The molecule has 1 aliphatic carbocycles. The second kappa shape index (κ2) is 9.85. The fourth-order valence-corrected chi connectivity index (χ4v) is 5.45. The van der Waals surface area contributed by atoms with E-state index in [-0.39, 0.29) is 18.0 Å². The Kier molecular flexibility index (Phi) is 6.67. The first-order valence-electron chi connectivity index (χ1n) is 12.1. The van der Waals surface area contributed by atoms with Gasteiger partial charge in [0.25, 0.3) is 5.91 Å². The maximum absolute atomic E-state index is 12.6. The van der Waals surface area contributed by atoms with Gasteiger partial charge in [-0.15, -0.1) is 11.3 Å². The summed E-state index contributed by atoms with van der Waals surface area (Å²) < 4.78 is 1.04. The highest BCUT2D eigenvalue weighted by Gasteiger charge is 2.29. The van der Waals surface area contributed by atoms with Crippen LogP contribution >= 0.6 is 11.3 Å². The molecule has 1 aromatic carbocycles. The topological polar surface area (TPSA) is 111 Å². The van der Waals surface area contributed by atoms with E-state index in [0.717, 1.165) is 73.3 Å². The summed E-state index contributed by atoms with van der Waals surface area (Å²) in [5.41, 5.74) is 1.80. The van der Waals surface area contributed by atoms with Gasteiger partial charge in [0.15, 0.2) is 0 Å². The van der Waals surface area contributed by atoms with Crippen molar-refractivity contribution >= 4 is 44.9 Å². The third-order valence-corrected chi connectivity index (χ3v) is 7.70. The smallest absolute Gasteiger partial charge is 0.251 e. The van der Waals surface area contributed by atoms with Crippen LogP contribution in [0.2, 0.25) is 0 Å². The summed E-state index contributed by atoms with van der Waals surface area (Å²) in [6, 6.07) is 9.94. The highest BCUT2D eigenvalue weighted by Crippen LogP contribution is 2.33. The van der Waals surface area contributed by atoms with Gasteiger partial charge in [0.1, 0.15) is 5.82 Å². The van der Waals surface area contributed by atoms with E-state index in [1.54, 1.807) is 11.3 Å². The van der Waals surface area contributed by atoms with Crippen molar-refractivity contribution in [1.29, 1.82) is 0 Å². The van der Waals surface area contributed by atoms with Crippen molar-refractivity contribution in [3.8, 4) is 0 Å². The Labute approximate surface area is 203 Å². The molecule has 0 atom stereocenters. The molecule has 2 fully saturated rings. The van der Waals surface area contributed by atoms with Crippen molar-refractivity contribution in [2.24, 2.45) is 0 Å². The van der Waals surface area contributed by atoms with Gasteiger partial charge < -0.3 is 26.4 Å². The van der Waals surface area contributed by atoms with Crippen molar-refractivity contribution in [1.82, 2.24) is 20.6 Å². The lowest BCUT2D eigenvalue weighted by atomic mass is 9.84. The molecule has 1 saturated heterocycles. The number of rotatable bonds is 6. The van der Waals surface area contributed by atoms with E-state index in [4.69, 9.17) is 4.98 Å². The van der Waals surface area contributed by atoms with Crippen LogP contribution in [0.4, 0.5) is 17.5 Å². The van der Waals surface area contributed by atoms with E-state index in [1.165, 1.54) is 0 Å². The SMILES string of the molecule is C[C@]1(O)CC[C@H](Nc2nc(Nc3ccc(C(=O)NC4CCNCC4)cc3)nc3ccsc23)CC1. The predicted molar refractivity (Wildman–Crippen MR) is 137 cm³/mol. The fourth-order valence-electron chi connectivity index (χ4n) is 4.66. The van der Waals surface area contributed by atoms with Crippen LogP contribution < -0.4 is 21.3 Å². The van der Waals surface area contributed by atoms with Gasteiger partial charge in [-0.2, -0.15) is 4.98 Å². The molecule has 0 unspecified atom stereocenters. The van der Waals surface area contributed by atoms with Crippen molar-refractivity contribution < 1.29 is 9.90 Å². The molecule has 1 amide bonds. The van der Waals surface area contributed by atoms with Gasteiger partial charge >= 0.3 is 0 Å². The molecule has 180 valence electrons. The Morgan fingerprint density at radius 3 is 2.53 bits per heavy atom. The summed E-state index contributed by atoms with van der Waals surface area (Å²) in [5.74, 6) is 1.31. The highest BCUT2D eigenvalue weighted by molar-refractivity contribution is 7.17. The van der Waals surface area contributed by atoms with Crippen LogP contribution in [0.1, 0.15) is 55.8 Å². The Bertz CT molecular complexity index is 1130. The van der Waals surface area contributed by atoms with Gasteiger partial charge in [0, 0.05) is 23.3 Å². The summed E-state index contributed by atoms with van der Waals surface area (Å²) in [5, 5.41) is 25.6. The van der Waals surface area contributed by atoms with Gasteiger partial charge in [-0.25, -0.2) is 4.98 Å². The molecule has 1 aliphatic heterocycles. The van der Waals surface area contributed by atoms with Crippen LogP contribution in [-0.2, 0) is 0 Å². The molecule has 8 nitrogen and oxygen atoms in total. The van der Waals surface area contributed by atoms with Gasteiger partial charge in [-0.3, -0.25) is 4.79 Å². The van der Waals surface area contributed by atoms with Gasteiger partial charge in [0.2, 0.25) is 5.95 Å². The molecule has 3 aromatic rings. The zero-order chi connectivity index (χ0) is 23.5. The van der Waals surface area contributed by atoms with Crippen LogP contribution in [0.3, 0.4) is 0 Å². The second-order valence-corrected chi connectivity index (χ2v) is 10.6. The summed E-state index contributed by atoms with van der Waals surface area (Å²) in [4.78, 5) is 22.0. The number of carbonyl (C=O) groups is 1. The number of nitrogens with zero attached hydrogens (tertiary/aromatic N) is 2. The Hall–Kier alpha value is -2.75. The number of hydrogen-bond acceptors (Lipinski definition) is 8. The number of piperidine rings is 1. The molecule has 5 N–H and O–H groups in total. The number of thiophene rings is 1. The van der Waals surface area contributed by atoms with E-state index in [0.29, 0.717) is 11.5 Å². The van der Waals surface area contributed by atoms with Crippen LogP contribution in [0.25, 0.3) is 10.2 Å². The maximum Gasteiger partial charge on any atom is 0.251 e.